The molecule has 2 unspecified atom stereocenters. The number of fused-ring (bicyclic) bond motifs is 1. The topological polar surface area (TPSA) is 156 Å². The average Bonchev–Trinajstić information content (AvgIpc) is 2.58. The molecule has 8 nitrogen and oxygen atoms in total. The number of aromatic hydroxyl groups is 4. The lowest BCUT2D eigenvalue weighted by Crippen LogP contribution is -2.31. The van der Waals surface area contributed by atoms with Crippen molar-refractivity contribution in [3.05, 3.63) is 52.6 Å². The third-order valence-electron chi connectivity index (χ3n) is 4.39. The van der Waals surface area contributed by atoms with Gasteiger partial charge in [-0.05, 0) is 35.4 Å². The Hall–Kier alpha value is -3.68. The summed E-state index contributed by atoms with van der Waals surface area (Å²) in [5, 5.41) is 58.4. The molecule has 0 saturated heterocycles. The van der Waals surface area contributed by atoms with Crippen LogP contribution in [0.3, 0.4) is 0 Å². The maximum Gasteiger partial charge on any atom is 0.332 e. The summed E-state index contributed by atoms with van der Waals surface area (Å²) < 4.78 is 0. The lowest BCUT2D eigenvalue weighted by molar-refractivity contribution is -0.144. The number of phenolic OH excluding ortho intramolecular Hbond substituents is 4. The molecule has 0 heterocycles. The standard InChI is InChI=1S/C18H14O8/c19-10-3-1-8(6-12(10)21)13-14-7(2-4-11(20)16(14)22)5-9(17(23)24)15(13)18(25)26/h1-6,13,15,19-22H,(H,23,24)(H,25,26). The highest BCUT2D eigenvalue weighted by atomic mass is 16.4. The van der Waals surface area contributed by atoms with Crippen LogP contribution >= 0.6 is 0 Å². The summed E-state index contributed by atoms with van der Waals surface area (Å²) >= 11 is 0. The van der Waals surface area contributed by atoms with E-state index >= 15 is 0 Å². The van der Waals surface area contributed by atoms with Crippen molar-refractivity contribution in [3.8, 4) is 23.0 Å². The van der Waals surface area contributed by atoms with Gasteiger partial charge in [0.2, 0.25) is 0 Å². The van der Waals surface area contributed by atoms with Crippen molar-refractivity contribution in [1.29, 1.82) is 0 Å². The normalized spacial score (nSPS) is 18.7. The SMILES string of the molecule is O=C(O)C1=Cc2ccc(O)c(O)c2C(c2ccc(O)c(O)c2)C1C(=O)O. The van der Waals surface area contributed by atoms with E-state index < -0.39 is 52.3 Å². The van der Waals surface area contributed by atoms with Crippen LogP contribution in [-0.4, -0.2) is 42.6 Å². The molecule has 2 atom stereocenters. The molecule has 0 aliphatic heterocycles. The van der Waals surface area contributed by atoms with Crippen LogP contribution in [-0.2, 0) is 9.59 Å². The smallest absolute Gasteiger partial charge is 0.332 e. The van der Waals surface area contributed by atoms with Gasteiger partial charge in [0, 0.05) is 11.5 Å². The maximum atomic E-state index is 11.9. The Morgan fingerprint density at radius 2 is 1.50 bits per heavy atom. The summed E-state index contributed by atoms with van der Waals surface area (Å²) in [6, 6.07) is 6.05. The second-order valence-corrected chi connectivity index (χ2v) is 5.88. The molecule has 1 aliphatic carbocycles. The number of carboxylic acids is 2. The van der Waals surface area contributed by atoms with Crippen LogP contribution in [0.5, 0.6) is 23.0 Å². The highest BCUT2D eigenvalue weighted by Gasteiger charge is 2.42. The van der Waals surface area contributed by atoms with Crippen LogP contribution in [0.1, 0.15) is 22.6 Å². The second-order valence-electron chi connectivity index (χ2n) is 5.88. The van der Waals surface area contributed by atoms with E-state index in [1.54, 1.807) is 0 Å². The van der Waals surface area contributed by atoms with E-state index in [0.29, 0.717) is 0 Å². The first kappa shape index (κ1) is 17.2. The Bertz CT molecular complexity index is 960. The van der Waals surface area contributed by atoms with Gasteiger partial charge in [0.1, 0.15) is 0 Å². The number of aliphatic carboxylic acids is 2. The molecule has 0 radical (unpaired) electrons. The molecule has 0 fully saturated rings. The quantitative estimate of drug-likeness (QED) is 0.454. The summed E-state index contributed by atoms with van der Waals surface area (Å²) in [7, 11) is 0. The van der Waals surface area contributed by atoms with Crippen molar-refractivity contribution in [2.45, 2.75) is 5.92 Å². The fraction of sp³-hybridized carbons (Fsp3) is 0.111. The van der Waals surface area contributed by atoms with Gasteiger partial charge in [-0.2, -0.15) is 0 Å². The van der Waals surface area contributed by atoms with Gasteiger partial charge in [-0.15, -0.1) is 0 Å². The van der Waals surface area contributed by atoms with E-state index in [-0.39, 0.29) is 16.7 Å². The molecule has 2 aromatic carbocycles. The molecule has 0 aromatic heterocycles. The minimum Gasteiger partial charge on any atom is -0.504 e. The minimum absolute atomic E-state index is 0.0208. The van der Waals surface area contributed by atoms with Gasteiger partial charge in [0.25, 0.3) is 0 Å². The molecule has 2 aromatic rings. The Balaban J connectivity index is 2.36. The third-order valence-corrected chi connectivity index (χ3v) is 4.39. The van der Waals surface area contributed by atoms with E-state index in [4.69, 9.17) is 0 Å². The van der Waals surface area contributed by atoms with Gasteiger partial charge < -0.3 is 30.6 Å². The van der Waals surface area contributed by atoms with Crippen molar-refractivity contribution >= 4 is 18.0 Å². The first-order valence-corrected chi connectivity index (χ1v) is 7.46. The Morgan fingerprint density at radius 1 is 0.846 bits per heavy atom. The van der Waals surface area contributed by atoms with Gasteiger partial charge in [-0.3, -0.25) is 4.79 Å². The molecular weight excluding hydrogens is 344 g/mol. The number of carboxylic acid groups (broad SMARTS) is 2. The summed E-state index contributed by atoms with van der Waals surface area (Å²) in [6.07, 6.45) is 1.13. The number of hydrogen-bond donors (Lipinski definition) is 6. The highest BCUT2D eigenvalue weighted by molar-refractivity contribution is 6.01. The Kier molecular flexibility index (Phi) is 3.96. The number of phenols is 4. The zero-order valence-electron chi connectivity index (χ0n) is 13.1. The van der Waals surface area contributed by atoms with Gasteiger partial charge >= 0.3 is 11.9 Å². The van der Waals surface area contributed by atoms with Crippen molar-refractivity contribution in [2.24, 2.45) is 5.92 Å². The van der Waals surface area contributed by atoms with Gasteiger partial charge in [0.15, 0.2) is 23.0 Å². The number of benzene rings is 2. The number of carbonyl (C=O) groups is 2. The van der Waals surface area contributed by atoms with Crippen molar-refractivity contribution < 1.29 is 40.2 Å². The zero-order valence-corrected chi connectivity index (χ0v) is 13.1. The predicted octanol–water partition coefficient (Wildman–Crippen LogP) is 1.82. The average molecular weight is 358 g/mol. The van der Waals surface area contributed by atoms with Crippen LogP contribution in [0.2, 0.25) is 0 Å². The van der Waals surface area contributed by atoms with Crippen LogP contribution in [0.25, 0.3) is 6.08 Å². The highest BCUT2D eigenvalue weighted by Crippen LogP contribution is 2.49. The number of hydrogen-bond acceptors (Lipinski definition) is 6. The molecule has 0 saturated carbocycles. The Labute approximate surface area is 146 Å². The van der Waals surface area contributed by atoms with E-state index in [9.17, 15) is 40.2 Å². The molecule has 0 bridgehead atoms. The molecule has 6 N–H and O–H groups in total. The molecule has 3 rings (SSSR count). The molecule has 8 heteroatoms. The summed E-state index contributed by atoms with van der Waals surface area (Å²) in [5.74, 6) is -7.73. The van der Waals surface area contributed by atoms with Crippen molar-refractivity contribution in [2.75, 3.05) is 0 Å². The van der Waals surface area contributed by atoms with E-state index in [0.717, 1.165) is 24.3 Å². The lowest BCUT2D eigenvalue weighted by Gasteiger charge is -2.31. The van der Waals surface area contributed by atoms with Crippen LogP contribution in [0, 0.1) is 5.92 Å². The summed E-state index contributed by atoms with van der Waals surface area (Å²) in [5.41, 5.74) is -0.00499. The monoisotopic (exact) mass is 358 g/mol. The molecule has 0 amide bonds. The second kappa shape index (κ2) is 5.99. The first-order chi connectivity index (χ1) is 12.2. The van der Waals surface area contributed by atoms with Crippen LogP contribution in [0.15, 0.2) is 35.9 Å². The molecular formula is C18H14O8. The fourth-order valence-corrected chi connectivity index (χ4v) is 3.23. The van der Waals surface area contributed by atoms with E-state index in [1.165, 1.54) is 12.1 Å². The summed E-state index contributed by atoms with van der Waals surface area (Å²) in [6.45, 7) is 0. The predicted molar refractivity (Wildman–Crippen MR) is 88.1 cm³/mol. The van der Waals surface area contributed by atoms with E-state index in [1.807, 2.05) is 0 Å². The lowest BCUT2D eigenvalue weighted by atomic mass is 9.71. The maximum absolute atomic E-state index is 11.9. The van der Waals surface area contributed by atoms with Crippen molar-refractivity contribution in [3.63, 3.8) is 0 Å². The van der Waals surface area contributed by atoms with Crippen LogP contribution in [0.4, 0.5) is 0 Å². The molecule has 134 valence electrons. The molecule has 26 heavy (non-hydrogen) atoms. The molecule has 1 aliphatic rings. The summed E-state index contributed by atoms with van der Waals surface area (Å²) in [4.78, 5) is 23.4. The van der Waals surface area contributed by atoms with E-state index in [2.05, 4.69) is 0 Å². The van der Waals surface area contributed by atoms with Crippen molar-refractivity contribution in [1.82, 2.24) is 0 Å². The number of rotatable bonds is 3. The molecule has 0 spiro atoms. The first-order valence-electron chi connectivity index (χ1n) is 7.46. The van der Waals surface area contributed by atoms with Gasteiger partial charge in [0.05, 0.1) is 11.5 Å². The van der Waals surface area contributed by atoms with Crippen LogP contribution < -0.4 is 0 Å². The minimum atomic E-state index is -1.59. The Morgan fingerprint density at radius 3 is 2.08 bits per heavy atom. The van der Waals surface area contributed by atoms with Gasteiger partial charge in [-0.1, -0.05) is 12.1 Å². The largest absolute Gasteiger partial charge is 0.504 e. The zero-order chi connectivity index (χ0) is 19.2. The fourth-order valence-electron chi connectivity index (χ4n) is 3.23. The third kappa shape index (κ3) is 2.57. The van der Waals surface area contributed by atoms with Gasteiger partial charge in [-0.25, -0.2) is 4.79 Å².